The van der Waals surface area contributed by atoms with Gasteiger partial charge in [0.25, 0.3) is 0 Å². The van der Waals surface area contributed by atoms with E-state index in [0.717, 1.165) is 11.0 Å². The van der Waals surface area contributed by atoms with Crippen LogP contribution in [0.25, 0.3) is 0 Å². The van der Waals surface area contributed by atoms with Crippen LogP contribution in [0, 0.1) is 0 Å². The number of alkyl halides is 1. The molecule has 13 heteroatoms. The summed E-state index contributed by atoms with van der Waals surface area (Å²) in [6.07, 6.45) is 0.513. The lowest BCUT2D eigenvalue weighted by Crippen LogP contribution is -2.48. The third-order valence-corrected chi connectivity index (χ3v) is 8.46. The summed E-state index contributed by atoms with van der Waals surface area (Å²) in [5.74, 6) is -0.909. The number of phenols is 1. The number of rotatable bonds is 4. The Labute approximate surface area is 187 Å². The molecule has 0 spiro atoms. The van der Waals surface area contributed by atoms with Crippen LogP contribution in [0.15, 0.2) is 28.1 Å². The lowest BCUT2D eigenvalue weighted by Gasteiger charge is -2.34. The second-order valence-electron chi connectivity index (χ2n) is 7.25. The van der Waals surface area contributed by atoms with Gasteiger partial charge < -0.3 is 25.7 Å². The quantitative estimate of drug-likeness (QED) is 0.470. The first-order valence-corrected chi connectivity index (χ1v) is 11.6. The van der Waals surface area contributed by atoms with Crippen molar-refractivity contribution in [2.24, 2.45) is 0 Å². The van der Waals surface area contributed by atoms with Gasteiger partial charge >= 0.3 is 12.1 Å². The van der Waals surface area contributed by atoms with Crippen LogP contribution >= 0.6 is 23.2 Å². The first-order valence-electron chi connectivity index (χ1n) is 9.32. The number of anilines is 1. The fraction of sp³-hybridized carbons (Fsp3) is 0.444. The summed E-state index contributed by atoms with van der Waals surface area (Å²) in [5.41, 5.74) is -0.287. The number of amides is 3. The number of allylic oxidation sites excluding steroid dienone is 1. The van der Waals surface area contributed by atoms with E-state index in [0.29, 0.717) is 17.9 Å². The SMILES string of the molecule is O=C(Nc1ccc(Cl)c(S(=O)(=O)C2(F)CCN(C(=O)O)CC2)c1O)NC1CCC=C1Cl. The van der Waals surface area contributed by atoms with Gasteiger partial charge in [-0.25, -0.2) is 22.4 Å². The predicted molar refractivity (Wildman–Crippen MR) is 112 cm³/mol. The zero-order valence-electron chi connectivity index (χ0n) is 16.1. The van der Waals surface area contributed by atoms with E-state index in [9.17, 15) is 23.1 Å². The molecule has 1 aliphatic carbocycles. The Hall–Kier alpha value is -2.24. The zero-order valence-corrected chi connectivity index (χ0v) is 18.4. The highest BCUT2D eigenvalue weighted by Crippen LogP contribution is 2.45. The van der Waals surface area contributed by atoms with Crippen molar-refractivity contribution in [1.82, 2.24) is 10.2 Å². The molecule has 1 heterocycles. The lowest BCUT2D eigenvalue weighted by atomic mass is 10.1. The van der Waals surface area contributed by atoms with Crippen LogP contribution in [0.3, 0.4) is 0 Å². The van der Waals surface area contributed by atoms with Crippen LogP contribution in [0.1, 0.15) is 25.7 Å². The monoisotopic (exact) mass is 495 g/mol. The van der Waals surface area contributed by atoms with Gasteiger partial charge in [0, 0.05) is 31.0 Å². The Morgan fingerprint density at radius 1 is 1.23 bits per heavy atom. The second-order valence-corrected chi connectivity index (χ2v) is 10.2. The molecule has 1 fully saturated rings. The second kappa shape index (κ2) is 8.71. The number of nitrogens with zero attached hydrogens (tertiary/aromatic N) is 1. The molecule has 1 aliphatic heterocycles. The summed E-state index contributed by atoms with van der Waals surface area (Å²) in [6.45, 7) is -0.668. The third kappa shape index (κ3) is 4.53. The molecule has 0 saturated carbocycles. The van der Waals surface area contributed by atoms with Gasteiger partial charge in [0.15, 0.2) is 5.75 Å². The largest absolute Gasteiger partial charge is 0.504 e. The number of nitrogens with one attached hydrogen (secondary N) is 2. The number of hydrogen-bond donors (Lipinski definition) is 4. The van der Waals surface area contributed by atoms with E-state index in [1.807, 2.05) is 0 Å². The van der Waals surface area contributed by atoms with E-state index in [2.05, 4.69) is 10.6 Å². The number of aromatic hydroxyl groups is 1. The number of urea groups is 1. The molecule has 1 unspecified atom stereocenters. The van der Waals surface area contributed by atoms with E-state index in [1.54, 1.807) is 6.08 Å². The molecule has 4 N–H and O–H groups in total. The smallest absolute Gasteiger partial charge is 0.407 e. The van der Waals surface area contributed by atoms with Crippen LogP contribution in [-0.2, 0) is 9.84 Å². The third-order valence-electron chi connectivity index (χ3n) is 5.30. The topological polar surface area (TPSA) is 136 Å². The maximum absolute atomic E-state index is 15.4. The minimum atomic E-state index is -4.83. The summed E-state index contributed by atoms with van der Waals surface area (Å²) in [4.78, 5) is 23.3. The first kappa shape index (κ1) is 23.4. The Kier molecular flexibility index (Phi) is 6.59. The highest BCUT2D eigenvalue weighted by molar-refractivity contribution is 7.92. The van der Waals surface area contributed by atoms with Crippen molar-refractivity contribution in [3.8, 4) is 5.75 Å². The summed E-state index contributed by atoms with van der Waals surface area (Å²) >= 11 is 12.0. The van der Waals surface area contributed by atoms with Crippen LogP contribution in [0.5, 0.6) is 5.75 Å². The molecule has 1 aromatic rings. The minimum absolute atomic E-state index is 0.287. The first-order chi connectivity index (χ1) is 14.5. The highest BCUT2D eigenvalue weighted by Gasteiger charge is 2.50. The van der Waals surface area contributed by atoms with Crippen LogP contribution < -0.4 is 10.6 Å². The zero-order chi connectivity index (χ0) is 23.0. The molecule has 0 radical (unpaired) electrons. The molecule has 1 atom stereocenters. The number of carboxylic acid groups (broad SMARTS) is 1. The number of piperidine rings is 1. The Bertz CT molecular complexity index is 1040. The van der Waals surface area contributed by atoms with Gasteiger partial charge in [0.2, 0.25) is 14.8 Å². The molecule has 3 rings (SSSR count). The van der Waals surface area contributed by atoms with E-state index in [-0.39, 0.29) is 18.8 Å². The van der Waals surface area contributed by atoms with Crippen molar-refractivity contribution in [2.75, 3.05) is 18.4 Å². The number of carbonyl (C=O) groups excluding carboxylic acids is 1. The highest BCUT2D eigenvalue weighted by atomic mass is 35.5. The maximum Gasteiger partial charge on any atom is 0.407 e. The molecular formula is C18H20Cl2FN3O6S. The van der Waals surface area contributed by atoms with Gasteiger partial charge in [0.1, 0.15) is 4.90 Å². The Balaban J connectivity index is 1.85. The van der Waals surface area contributed by atoms with E-state index < -0.39 is 61.5 Å². The van der Waals surface area contributed by atoms with Gasteiger partial charge in [-0.05, 0) is 25.0 Å². The fourth-order valence-corrected chi connectivity index (χ4v) is 6.02. The Morgan fingerprint density at radius 3 is 2.42 bits per heavy atom. The number of sulfone groups is 1. The van der Waals surface area contributed by atoms with Gasteiger partial charge in [-0.2, -0.15) is 0 Å². The van der Waals surface area contributed by atoms with E-state index in [4.69, 9.17) is 28.3 Å². The molecule has 31 heavy (non-hydrogen) atoms. The summed E-state index contributed by atoms with van der Waals surface area (Å²) in [7, 11) is -4.83. The fourth-order valence-electron chi connectivity index (χ4n) is 3.51. The number of likely N-dealkylation sites (tertiary alicyclic amines) is 1. The van der Waals surface area contributed by atoms with Crippen molar-refractivity contribution in [3.05, 3.63) is 28.3 Å². The maximum atomic E-state index is 15.4. The number of halogens is 3. The minimum Gasteiger partial charge on any atom is -0.504 e. The molecule has 0 bridgehead atoms. The molecule has 9 nitrogen and oxygen atoms in total. The predicted octanol–water partition coefficient (Wildman–Crippen LogP) is 3.67. The van der Waals surface area contributed by atoms with Crippen molar-refractivity contribution in [3.63, 3.8) is 0 Å². The normalized spacial score (nSPS) is 20.8. The average Bonchev–Trinajstić information content (AvgIpc) is 3.08. The molecule has 1 saturated heterocycles. The van der Waals surface area contributed by atoms with Crippen LogP contribution in [-0.4, -0.2) is 59.8 Å². The van der Waals surface area contributed by atoms with Crippen LogP contribution in [0.4, 0.5) is 19.7 Å². The van der Waals surface area contributed by atoms with E-state index >= 15 is 4.39 Å². The summed E-state index contributed by atoms with van der Waals surface area (Å²) in [6, 6.07) is 1.14. The van der Waals surface area contributed by atoms with Gasteiger partial charge in [-0.1, -0.05) is 29.3 Å². The van der Waals surface area contributed by atoms with E-state index in [1.165, 1.54) is 6.07 Å². The lowest BCUT2D eigenvalue weighted by molar-refractivity contribution is 0.0997. The van der Waals surface area contributed by atoms with Gasteiger partial charge in [-0.3, -0.25) is 0 Å². The van der Waals surface area contributed by atoms with Gasteiger partial charge in [-0.15, -0.1) is 0 Å². The van der Waals surface area contributed by atoms with Crippen molar-refractivity contribution in [1.29, 1.82) is 0 Å². The molecule has 1 aromatic carbocycles. The molecule has 3 amide bonds. The average molecular weight is 496 g/mol. The molecular weight excluding hydrogens is 476 g/mol. The molecule has 2 aliphatic rings. The van der Waals surface area contributed by atoms with Crippen molar-refractivity contribution in [2.45, 2.75) is 41.6 Å². The standard InChI is InChI=1S/C18H20Cl2FN3O6S/c19-10-2-1-3-12(10)22-16(26)23-13-5-4-11(20)15(14(13)25)31(29,30)18(21)6-8-24(9-7-18)17(27)28/h2,4-5,12,25H,1,3,6-9H2,(H,27,28)(H2,22,23,26). The summed E-state index contributed by atoms with van der Waals surface area (Å²) < 4.78 is 41.5. The molecule has 0 aromatic heterocycles. The van der Waals surface area contributed by atoms with Gasteiger partial charge in [0.05, 0.1) is 16.8 Å². The number of carbonyl (C=O) groups is 2. The Morgan fingerprint density at radius 2 is 1.87 bits per heavy atom. The summed E-state index contributed by atoms with van der Waals surface area (Å²) in [5, 5.41) is 21.6. The van der Waals surface area contributed by atoms with Crippen molar-refractivity contribution >= 4 is 50.9 Å². The molecule has 170 valence electrons. The number of hydrogen-bond acceptors (Lipinski definition) is 5. The van der Waals surface area contributed by atoms with Crippen LogP contribution in [0.2, 0.25) is 5.02 Å². The number of phenolic OH excluding ortho intramolecular Hbond substituents is 1. The van der Waals surface area contributed by atoms with Crippen molar-refractivity contribution < 1.29 is 32.6 Å². The number of benzene rings is 1.